The molecule has 0 radical (unpaired) electrons. The Hall–Kier alpha value is -3.17. The van der Waals surface area contributed by atoms with Gasteiger partial charge < -0.3 is 9.72 Å². The van der Waals surface area contributed by atoms with E-state index in [0.717, 1.165) is 0 Å². The van der Waals surface area contributed by atoms with E-state index in [-0.39, 0.29) is 23.4 Å². The van der Waals surface area contributed by atoms with E-state index in [0.29, 0.717) is 37.8 Å². The summed E-state index contributed by atoms with van der Waals surface area (Å²) < 4.78 is 5.96. The standard InChI is InChI=1S/C20H15ClN4O4S/c1-29-17(26)9-25-19(28)13-4-2-3-5-14(13)23-20(25)30-10-16-22-15-8-11(21)6-7-12(15)18(27)24-16/h2-8H,9-10H2,1H3,(H,22,24,27). The van der Waals surface area contributed by atoms with Crippen LogP contribution in [0.2, 0.25) is 5.02 Å². The van der Waals surface area contributed by atoms with Crippen LogP contribution < -0.4 is 11.1 Å². The number of hydrogen-bond acceptors (Lipinski definition) is 7. The zero-order valence-electron chi connectivity index (χ0n) is 15.7. The number of H-pyrrole nitrogens is 1. The molecule has 152 valence electrons. The van der Waals surface area contributed by atoms with Gasteiger partial charge in [0.15, 0.2) is 5.16 Å². The fourth-order valence-corrected chi connectivity index (χ4v) is 3.99. The molecule has 0 aliphatic heterocycles. The smallest absolute Gasteiger partial charge is 0.325 e. The van der Waals surface area contributed by atoms with Gasteiger partial charge in [-0.15, -0.1) is 0 Å². The van der Waals surface area contributed by atoms with Gasteiger partial charge >= 0.3 is 5.97 Å². The number of esters is 1. The van der Waals surface area contributed by atoms with Crippen LogP contribution in [0.3, 0.4) is 0 Å². The molecular weight excluding hydrogens is 428 g/mol. The van der Waals surface area contributed by atoms with E-state index in [1.807, 2.05) is 0 Å². The van der Waals surface area contributed by atoms with E-state index in [1.54, 1.807) is 42.5 Å². The lowest BCUT2D eigenvalue weighted by atomic mass is 10.2. The highest BCUT2D eigenvalue weighted by Crippen LogP contribution is 2.22. The number of nitrogens with one attached hydrogen (secondary N) is 1. The molecule has 0 spiro atoms. The summed E-state index contributed by atoms with van der Waals surface area (Å²) in [6, 6.07) is 11.7. The highest BCUT2D eigenvalue weighted by molar-refractivity contribution is 7.98. The van der Waals surface area contributed by atoms with Gasteiger partial charge in [-0.05, 0) is 30.3 Å². The molecule has 0 bridgehead atoms. The minimum absolute atomic E-state index is 0.226. The summed E-state index contributed by atoms with van der Waals surface area (Å²) >= 11 is 7.18. The molecule has 4 rings (SSSR count). The number of thioether (sulfide) groups is 1. The lowest BCUT2D eigenvalue weighted by Gasteiger charge is -2.12. The molecule has 2 aromatic heterocycles. The van der Waals surface area contributed by atoms with Crippen LogP contribution >= 0.6 is 23.4 Å². The molecule has 10 heteroatoms. The summed E-state index contributed by atoms with van der Waals surface area (Å²) in [4.78, 5) is 48.7. The molecular formula is C20H15ClN4O4S. The molecule has 0 unspecified atom stereocenters. The van der Waals surface area contributed by atoms with Crippen molar-refractivity contribution in [2.24, 2.45) is 0 Å². The summed E-state index contributed by atoms with van der Waals surface area (Å²) in [5.41, 5.74) is 0.351. The number of ether oxygens (including phenoxy) is 1. The predicted molar refractivity (Wildman–Crippen MR) is 115 cm³/mol. The zero-order chi connectivity index (χ0) is 21.3. The number of carbonyl (C=O) groups is 1. The van der Waals surface area contributed by atoms with Crippen molar-refractivity contribution in [1.29, 1.82) is 0 Å². The lowest BCUT2D eigenvalue weighted by molar-refractivity contribution is -0.141. The van der Waals surface area contributed by atoms with Crippen LogP contribution in [-0.4, -0.2) is 32.6 Å². The Morgan fingerprint density at radius 2 is 1.93 bits per heavy atom. The average molecular weight is 443 g/mol. The number of aromatic nitrogens is 4. The van der Waals surface area contributed by atoms with Gasteiger partial charge in [-0.2, -0.15) is 0 Å². The molecule has 0 aliphatic rings. The zero-order valence-corrected chi connectivity index (χ0v) is 17.3. The number of rotatable bonds is 5. The summed E-state index contributed by atoms with van der Waals surface area (Å²) in [6.45, 7) is -0.271. The predicted octanol–water partition coefficient (Wildman–Crippen LogP) is 2.75. The van der Waals surface area contributed by atoms with Gasteiger partial charge in [-0.25, -0.2) is 9.97 Å². The van der Waals surface area contributed by atoms with Crippen LogP contribution in [0, 0.1) is 0 Å². The molecule has 0 saturated carbocycles. The van der Waals surface area contributed by atoms with Gasteiger partial charge in [-0.3, -0.25) is 19.0 Å². The Balaban J connectivity index is 1.74. The van der Waals surface area contributed by atoms with E-state index >= 15 is 0 Å². The number of fused-ring (bicyclic) bond motifs is 2. The Morgan fingerprint density at radius 3 is 2.73 bits per heavy atom. The SMILES string of the molecule is COC(=O)Cn1c(SCc2nc3cc(Cl)ccc3c(=O)[nH]2)nc2ccccc2c1=O. The van der Waals surface area contributed by atoms with Crippen molar-refractivity contribution in [3.05, 3.63) is 74.0 Å². The molecule has 2 aromatic carbocycles. The van der Waals surface area contributed by atoms with Crippen LogP contribution in [0.5, 0.6) is 0 Å². The molecule has 30 heavy (non-hydrogen) atoms. The number of methoxy groups -OCH3 is 1. The Morgan fingerprint density at radius 1 is 1.13 bits per heavy atom. The maximum atomic E-state index is 12.9. The van der Waals surface area contributed by atoms with Crippen molar-refractivity contribution < 1.29 is 9.53 Å². The molecule has 4 aromatic rings. The van der Waals surface area contributed by atoms with Crippen molar-refractivity contribution in [1.82, 2.24) is 19.5 Å². The van der Waals surface area contributed by atoms with E-state index in [4.69, 9.17) is 16.3 Å². The molecule has 0 fully saturated rings. The summed E-state index contributed by atoms with van der Waals surface area (Å²) in [5, 5.41) is 1.62. The van der Waals surface area contributed by atoms with Gasteiger partial charge in [0, 0.05) is 5.02 Å². The average Bonchev–Trinajstić information content (AvgIpc) is 2.74. The summed E-state index contributed by atoms with van der Waals surface area (Å²) in [6.07, 6.45) is 0. The quantitative estimate of drug-likeness (QED) is 0.287. The van der Waals surface area contributed by atoms with Crippen LogP contribution in [0.4, 0.5) is 0 Å². The second kappa shape index (κ2) is 8.29. The monoisotopic (exact) mass is 442 g/mol. The fourth-order valence-electron chi connectivity index (χ4n) is 2.95. The van der Waals surface area contributed by atoms with Gasteiger partial charge in [0.25, 0.3) is 11.1 Å². The van der Waals surface area contributed by atoms with Gasteiger partial charge in [0.2, 0.25) is 0 Å². The molecule has 8 nitrogen and oxygen atoms in total. The van der Waals surface area contributed by atoms with Crippen LogP contribution in [0.15, 0.2) is 57.2 Å². The first-order chi connectivity index (χ1) is 14.5. The van der Waals surface area contributed by atoms with Crippen LogP contribution in [-0.2, 0) is 21.8 Å². The lowest BCUT2D eigenvalue weighted by Crippen LogP contribution is -2.27. The number of para-hydroxylation sites is 1. The van der Waals surface area contributed by atoms with Crippen molar-refractivity contribution in [3.8, 4) is 0 Å². The molecule has 0 amide bonds. The normalized spacial score (nSPS) is 11.1. The maximum Gasteiger partial charge on any atom is 0.325 e. The topological polar surface area (TPSA) is 107 Å². The van der Waals surface area contributed by atoms with E-state index < -0.39 is 5.97 Å². The van der Waals surface area contributed by atoms with Crippen molar-refractivity contribution >= 4 is 51.1 Å². The Labute approximate surface area is 178 Å². The van der Waals surface area contributed by atoms with Crippen molar-refractivity contribution in [3.63, 3.8) is 0 Å². The van der Waals surface area contributed by atoms with Gasteiger partial charge in [0.1, 0.15) is 12.4 Å². The molecule has 1 N–H and O–H groups in total. The third-order valence-electron chi connectivity index (χ3n) is 4.40. The number of hydrogen-bond donors (Lipinski definition) is 1. The van der Waals surface area contributed by atoms with E-state index in [9.17, 15) is 14.4 Å². The maximum absolute atomic E-state index is 12.9. The Kier molecular flexibility index (Phi) is 5.56. The number of benzene rings is 2. The summed E-state index contributed by atoms with van der Waals surface area (Å²) in [7, 11) is 1.25. The third kappa shape index (κ3) is 3.94. The largest absolute Gasteiger partial charge is 0.468 e. The molecule has 0 saturated heterocycles. The minimum Gasteiger partial charge on any atom is -0.468 e. The number of carbonyl (C=O) groups excluding carboxylic acids is 1. The van der Waals surface area contributed by atoms with Crippen LogP contribution in [0.25, 0.3) is 21.8 Å². The second-order valence-electron chi connectivity index (χ2n) is 6.34. The van der Waals surface area contributed by atoms with Crippen molar-refractivity contribution in [2.75, 3.05) is 7.11 Å². The van der Waals surface area contributed by atoms with E-state index in [2.05, 4.69) is 15.0 Å². The second-order valence-corrected chi connectivity index (χ2v) is 7.72. The summed E-state index contributed by atoms with van der Waals surface area (Å²) in [5.74, 6) is 0.0543. The molecule has 2 heterocycles. The first kappa shape index (κ1) is 20.1. The highest BCUT2D eigenvalue weighted by atomic mass is 35.5. The molecule has 0 aliphatic carbocycles. The number of halogens is 1. The van der Waals surface area contributed by atoms with Gasteiger partial charge in [0.05, 0.1) is 34.7 Å². The van der Waals surface area contributed by atoms with E-state index in [1.165, 1.54) is 23.4 Å². The van der Waals surface area contributed by atoms with Gasteiger partial charge in [-0.1, -0.05) is 35.5 Å². The Bertz CT molecular complexity index is 1400. The molecule has 0 atom stereocenters. The van der Waals surface area contributed by atoms with Crippen molar-refractivity contribution in [2.45, 2.75) is 17.5 Å². The highest BCUT2D eigenvalue weighted by Gasteiger charge is 2.15. The third-order valence-corrected chi connectivity index (χ3v) is 5.62. The first-order valence-electron chi connectivity index (χ1n) is 8.84. The fraction of sp³-hybridized carbons (Fsp3) is 0.150. The first-order valence-corrected chi connectivity index (χ1v) is 10.2. The minimum atomic E-state index is -0.567. The van der Waals surface area contributed by atoms with Crippen LogP contribution in [0.1, 0.15) is 5.82 Å². The number of nitrogens with zero attached hydrogens (tertiary/aromatic N) is 3. The number of aromatic amines is 1.